The van der Waals surface area contributed by atoms with Crippen LogP contribution in [0.3, 0.4) is 0 Å². The molecule has 6 heteroatoms. The molecule has 2 N–H and O–H groups in total. The minimum Gasteiger partial charge on any atom is -0.383 e. The number of methoxy groups -OCH3 is 1. The van der Waals surface area contributed by atoms with Gasteiger partial charge in [-0.3, -0.25) is 9.79 Å². The molecule has 1 heterocycles. The van der Waals surface area contributed by atoms with Crippen LogP contribution < -0.4 is 16.2 Å². The molecule has 124 valence electrons. The van der Waals surface area contributed by atoms with E-state index in [4.69, 9.17) is 4.74 Å². The molecule has 0 aliphatic heterocycles. The average molecular weight is 308 g/mol. The molecule has 22 heavy (non-hydrogen) atoms. The number of nitrogens with zero attached hydrogens (tertiary/aromatic N) is 2. The molecular weight excluding hydrogens is 280 g/mol. The molecule has 0 aliphatic rings. The van der Waals surface area contributed by atoms with Crippen molar-refractivity contribution in [1.29, 1.82) is 0 Å². The largest absolute Gasteiger partial charge is 0.383 e. The van der Waals surface area contributed by atoms with E-state index in [9.17, 15) is 4.79 Å². The summed E-state index contributed by atoms with van der Waals surface area (Å²) in [6.45, 7) is 7.03. The monoisotopic (exact) mass is 308 g/mol. The Kier molecular flexibility index (Phi) is 8.98. The van der Waals surface area contributed by atoms with Gasteiger partial charge in [0.2, 0.25) is 5.56 Å². The Bertz CT molecular complexity index is 499. The second-order valence-corrected chi connectivity index (χ2v) is 5.20. The Balaban J connectivity index is 2.34. The van der Waals surface area contributed by atoms with Crippen molar-refractivity contribution in [2.24, 2.45) is 4.99 Å². The zero-order chi connectivity index (χ0) is 16.2. The highest BCUT2D eigenvalue weighted by molar-refractivity contribution is 5.80. The van der Waals surface area contributed by atoms with Crippen LogP contribution in [0.1, 0.15) is 26.7 Å². The van der Waals surface area contributed by atoms with Crippen LogP contribution in [-0.4, -0.2) is 43.4 Å². The van der Waals surface area contributed by atoms with Crippen LogP contribution >= 0.6 is 0 Å². The van der Waals surface area contributed by atoms with Crippen molar-refractivity contribution in [3.05, 3.63) is 34.7 Å². The van der Waals surface area contributed by atoms with Gasteiger partial charge in [0.05, 0.1) is 6.61 Å². The van der Waals surface area contributed by atoms with Crippen LogP contribution in [0, 0.1) is 0 Å². The van der Waals surface area contributed by atoms with Gasteiger partial charge in [-0.25, -0.2) is 0 Å². The van der Waals surface area contributed by atoms with E-state index in [1.165, 1.54) is 0 Å². The highest BCUT2D eigenvalue weighted by Gasteiger charge is 2.03. The molecule has 0 bridgehead atoms. The molecule has 0 fully saturated rings. The third kappa shape index (κ3) is 7.26. The molecule has 1 aromatic heterocycles. The van der Waals surface area contributed by atoms with Gasteiger partial charge in [0.25, 0.3) is 0 Å². The van der Waals surface area contributed by atoms with Crippen LogP contribution in [0.5, 0.6) is 0 Å². The summed E-state index contributed by atoms with van der Waals surface area (Å²) in [5.74, 6) is 0.809. The lowest BCUT2D eigenvalue weighted by molar-refractivity contribution is 0.179. The predicted octanol–water partition coefficient (Wildman–Crippen LogP) is 1.22. The molecule has 1 rings (SSSR count). The number of rotatable bonds is 9. The van der Waals surface area contributed by atoms with Gasteiger partial charge in [-0.05, 0) is 32.8 Å². The molecule has 1 aromatic rings. The van der Waals surface area contributed by atoms with Gasteiger partial charge < -0.3 is 19.9 Å². The number of hydrogen-bond donors (Lipinski definition) is 2. The number of ether oxygens (including phenoxy) is 1. The lowest BCUT2D eigenvalue weighted by Crippen LogP contribution is -2.44. The summed E-state index contributed by atoms with van der Waals surface area (Å²) in [5, 5.41) is 6.51. The van der Waals surface area contributed by atoms with Crippen LogP contribution in [0.4, 0.5) is 0 Å². The third-order valence-electron chi connectivity index (χ3n) is 3.12. The first-order chi connectivity index (χ1) is 10.7. The molecule has 0 saturated carbocycles. The Morgan fingerprint density at radius 2 is 2.23 bits per heavy atom. The van der Waals surface area contributed by atoms with E-state index in [1.807, 2.05) is 19.2 Å². The first-order valence-electron chi connectivity index (χ1n) is 7.86. The number of guanidine groups is 1. The molecule has 0 aliphatic carbocycles. The van der Waals surface area contributed by atoms with E-state index in [-0.39, 0.29) is 11.6 Å². The highest BCUT2D eigenvalue weighted by atomic mass is 16.5. The minimum absolute atomic E-state index is 0.0504. The van der Waals surface area contributed by atoms with E-state index in [0.29, 0.717) is 6.61 Å². The molecule has 1 unspecified atom stereocenters. The van der Waals surface area contributed by atoms with Crippen LogP contribution in [0.2, 0.25) is 0 Å². The normalized spacial score (nSPS) is 13.0. The van der Waals surface area contributed by atoms with E-state index in [2.05, 4.69) is 22.5 Å². The fraction of sp³-hybridized carbons (Fsp3) is 0.625. The average Bonchev–Trinajstić information content (AvgIpc) is 2.49. The van der Waals surface area contributed by atoms with Crippen molar-refractivity contribution >= 4 is 5.96 Å². The minimum atomic E-state index is 0.0504. The lowest BCUT2D eigenvalue weighted by Gasteiger charge is -2.16. The van der Waals surface area contributed by atoms with Gasteiger partial charge in [-0.1, -0.05) is 6.07 Å². The third-order valence-corrected chi connectivity index (χ3v) is 3.12. The summed E-state index contributed by atoms with van der Waals surface area (Å²) in [6.07, 6.45) is 3.70. The van der Waals surface area contributed by atoms with Gasteiger partial charge in [0, 0.05) is 45.0 Å². The number of aromatic nitrogens is 1. The van der Waals surface area contributed by atoms with Crippen molar-refractivity contribution < 1.29 is 4.74 Å². The van der Waals surface area contributed by atoms with E-state index in [0.717, 1.165) is 38.4 Å². The Morgan fingerprint density at radius 1 is 1.41 bits per heavy atom. The first-order valence-corrected chi connectivity index (χ1v) is 7.86. The molecule has 0 amide bonds. The fourth-order valence-corrected chi connectivity index (χ4v) is 2.08. The summed E-state index contributed by atoms with van der Waals surface area (Å²) in [5.41, 5.74) is 0.0504. The van der Waals surface area contributed by atoms with Crippen LogP contribution in [0.25, 0.3) is 0 Å². The van der Waals surface area contributed by atoms with Gasteiger partial charge in [0.1, 0.15) is 0 Å². The smallest absolute Gasteiger partial charge is 0.250 e. The van der Waals surface area contributed by atoms with Crippen molar-refractivity contribution in [1.82, 2.24) is 15.2 Å². The van der Waals surface area contributed by atoms with Crippen molar-refractivity contribution in [3.63, 3.8) is 0 Å². The van der Waals surface area contributed by atoms with Gasteiger partial charge in [-0.15, -0.1) is 0 Å². The zero-order valence-corrected chi connectivity index (χ0v) is 13.8. The lowest BCUT2D eigenvalue weighted by atomic mass is 10.3. The Hall–Kier alpha value is -1.82. The van der Waals surface area contributed by atoms with Crippen molar-refractivity contribution in [2.75, 3.05) is 26.8 Å². The summed E-state index contributed by atoms with van der Waals surface area (Å²) >= 11 is 0. The summed E-state index contributed by atoms with van der Waals surface area (Å²) in [6, 6.07) is 5.44. The summed E-state index contributed by atoms with van der Waals surface area (Å²) < 4.78 is 6.84. The topological polar surface area (TPSA) is 67.7 Å². The standard InChI is InChI=1S/C16H28N4O2/c1-4-17-16(19-14(2)13-22-3)18-10-6-8-12-20-11-7-5-9-15(20)21/h5,7,9,11,14H,4,6,8,10,12-13H2,1-3H3,(H2,17,18,19). The summed E-state index contributed by atoms with van der Waals surface area (Å²) in [4.78, 5) is 16.1. The van der Waals surface area contributed by atoms with Gasteiger partial charge in [0.15, 0.2) is 5.96 Å². The highest BCUT2D eigenvalue weighted by Crippen LogP contribution is 1.94. The first kappa shape index (κ1) is 18.2. The SMILES string of the molecule is CCNC(=NCCCCn1ccccc1=O)NC(C)COC. The fourth-order valence-electron chi connectivity index (χ4n) is 2.08. The second kappa shape index (κ2) is 10.8. The molecule has 1 atom stereocenters. The maximum Gasteiger partial charge on any atom is 0.250 e. The number of aryl methyl sites for hydroxylation is 1. The molecule has 6 nitrogen and oxygen atoms in total. The molecule has 0 aromatic carbocycles. The number of pyridine rings is 1. The predicted molar refractivity (Wildman–Crippen MR) is 90.4 cm³/mol. The Morgan fingerprint density at radius 3 is 2.91 bits per heavy atom. The maximum atomic E-state index is 11.6. The molecule has 0 saturated heterocycles. The number of nitrogens with one attached hydrogen (secondary N) is 2. The Labute approximate surface area is 132 Å². The van der Waals surface area contributed by atoms with Gasteiger partial charge >= 0.3 is 0 Å². The van der Waals surface area contributed by atoms with Crippen LogP contribution in [0.15, 0.2) is 34.2 Å². The quantitative estimate of drug-likeness (QED) is 0.409. The maximum absolute atomic E-state index is 11.6. The van der Waals surface area contributed by atoms with Crippen molar-refractivity contribution in [2.45, 2.75) is 39.3 Å². The summed E-state index contributed by atoms with van der Waals surface area (Å²) in [7, 11) is 1.69. The second-order valence-electron chi connectivity index (χ2n) is 5.20. The van der Waals surface area contributed by atoms with Crippen LogP contribution in [-0.2, 0) is 11.3 Å². The number of aliphatic imine (C=N–C) groups is 1. The van der Waals surface area contributed by atoms with E-state index >= 15 is 0 Å². The van der Waals surface area contributed by atoms with E-state index < -0.39 is 0 Å². The molecule has 0 spiro atoms. The van der Waals surface area contributed by atoms with E-state index in [1.54, 1.807) is 23.8 Å². The van der Waals surface area contributed by atoms with Crippen molar-refractivity contribution in [3.8, 4) is 0 Å². The molecule has 0 radical (unpaired) electrons. The number of hydrogen-bond acceptors (Lipinski definition) is 3. The molecular formula is C16H28N4O2. The zero-order valence-electron chi connectivity index (χ0n) is 13.8. The number of unbranched alkanes of at least 4 members (excludes halogenated alkanes) is 1. The van der Waals surface area contributed by atoms with Gasteiger partial charge in [-0.2, -0.15) is 0 Å².